The van der Waals surface area contributed by atoms with Gasteiger partial charge in [0.25, 0.3) is 0 Å². The predicted octanol–water partition coefficient (Wildman–Crippen LogP) is 6.24. The van der Waals surface area contributed by atoms with Crippen LogP contribution in [0, 0.1) is 0 Å². The molecule has 0 bridgehead atoms. The van der Waals surface area contributed by atoms with E-state index in [1.165, 1.54) is 48.5 Å². The van der Waals surface area contributed by atoms with Crippen LogP contribution in [0.3, 0.4) is 0 Å². The van der Waals surface area contributed by atoms with Gasteiger partial charge in [0.15, 0.2) is 0 Å². The fourth-order valence-electron chi connectivity index (χ4n) is 3.23. The fraction of sp³-hybridized carbons (Fsp3) is 0.0909. The van der Waals surface area contributed by atoms with E-state index in [4.69, 9.17) is 4.74 Å². The number of ether oxygens (including phenoxy) is 1. The van der Waals surface area contributed by atoms with E-state index in [0.29, 0.717) is 0 Å². The molecule has 0 amide bonds. The monoisotopic (exact) mass is 566 g/mol. The summed E-state index contributed by atoms with van der Waals surface area (Å²) in [5.41, 5.74) is -11.4. The Morgan fingerprint density at radius 3 is 1.24 bits per heavy atom. The predicted molar refractivity (Wildman–Crippen MR) is 119 cm³/mol. The number of benzene rings is 4. The largest absolute Gasteiger partial charge is 0.534 e. The van der Waals surface area contributed by atoms with Gasteiger partial charge in [-0.05, 0) is 22.9 Å². The summed E-state index contributed by atoms with van der Waals surface area (Å²) in [6.07, 6.45) is 0. The van der Waals surface area contributed by atoms with Gasteiger partial charge in [-0.15, -0.1) is 0 Å². The van der Waals surface area contributed by atoms with Crippen LogP contribution in [0.1, 0.15) is 0 Å². The summed E-state index contributed by atoms with van der Waals surface area (Å²) in [6, 6.07) is 15.6. The van der Waals surface area contributed by atoms with E-state index in [-0.39, 0.29) is 33.0 Å². The lowest BCUT2D eigenvalue weighted by atomic mass is 10.1. The Morgan fingerprint density at radius 2 is 0.892 bits per heavy atom. The lowest BCUT2D eigenvalue weighted by Crippen LogP contribution is -2.28. The van der Waals surface area contributed by atoms with Crippen molar-refractivity contribution in [2.75, 3.05) is 0 Å². The van der Waals surface area contributed by atoms with Gasteiger partial charge in [0.2, 0.25) is 0 Å². The molecule has 0 aliphatic heterocycles. The second kappa shape index (κ2) is 8.99. The number of fused-ring (bicyclic) bond motifs is 2. The molecule has 0 aromatic heterocycles. The molecule has 0 N–H and O–H groups in total. The van der Waals surface area contributed by atoms with Crippen molar-refractivity contribution in [3.05, 3.63) is 72.8 Å². The molecule has 0 aliphatic carbocycles. The average Bonchev–Trinajstić information content (AvgIpc) is 2.77. The molecular formula is C22H12F6O7S2. The van der Waals surface area contributed by atoms with Gasteiger partial charge < -0.3 is 13.1 Å². The first-order valence-electron chi connectivity index (χ1n) is 9.82. The Balaban J connectivity index is 1.85. The van der Waals surface area contributed by atoms with Crippen molar-refractivity contribution in [3.8, 4) is 23.0 Å². The molecule has 0 radical (unpaired) electrons. The van der Waals surface area contributed by atoms with Gasteiger partial charge in [-0.1, -0.05) is 48.5 Å². The van der Waals surface area contributed by atoms with Crippen molar-refractivity contribution < 1.29 is 56.3 Å². The lowest BCUT2D eigenvalue weighted by Gasteiger charge is -2.16. The molecule has 0 fully saturated rings. The zero-order chi connectivity index (χ0) is 27.2. The van der Waals surface area contributed by atoms with Crippen molar-refractivity contribution in [2.24, 2.45) is 0 Å². The summed E-state index contributed by atoms with van der Waals surface area (Å²) in [6.45, 7) is 0. The molecule has 0 saturated carbocycles. The number of hydrogen-bond donors (Lipinski definition) is 0. The molecule has 0 atom stereocenters. The Hall–Kier alpha value is -3.72. The van der Waals surface area contributed by atoms with E-state index in [9.17, 15) is 43.2 Å². The van der Waals surface area contributed by atoms with Crippen LogP contribution in [0.2, 0.25) is 0 Å². The molecule has 7 nitrogen and oxygen atoms in total. The second-order valence-electron chi connectivity index (χ2n) is 7.35. The van der Waals surface area contributed by atoms with Crippen LogP contribution in [0.4, 0.5) is 26.3 Å². The summed E-state index contributed by atoms with van der Waals surface area (Å²) in [7, 11) is -12.1. The van der Waals surface area contributed by atoms with Crippen LogP contribution in [0.25, 0.3) is 21.5 Å². The van der Waals surface area contributed by atoms with Crippen molar-refractivity contribution >= 4 is 41.8 Å². The van der Waals surface area contributed by atoms with Crippen molar-refractivity contribution in [3.63, 3.8) is 0 Å². The topological polar surface area (TPSA) is 96.0 Å². The highest BCUT2D eigenvalue weighted by molar-refractivity contribution is 7.88. The molecule has 4 rings (SSSR count). The average molecular weight is 566 g/mol. The van der Waals surface area contributed by atoms with Crippen LogP contribution in [-0.2, 0) is 20.2 Å². The zero-order valence-corrected chi connectivity index (χ0v) is 19.5. The zero-order valence-electron chi connectivity index (χ0n) is 17.9. The highest BCUT2D eigenvalue weighted by atomic mass is 32.2. The quantitative estimate of drug-likeness (QED) is 0.155. The molecule has 15 heteroatoms. The molecule has 0 spiro atoms. The van der Waals surface area contributed by atoms with E-state index in [1.54, 1.807) is 0 Å². The fourth-order valence-corrected chi connectivity index (χ4v) is 4.12. The van der Waals surface area contributed by atoms with Crippen LogP contribution in [0.5, 0.6) is 23.0 Å². The van der Waals surface area contributed by atoms with Gasteiger partial charge in [0.1, 0.15) is 23.0 Å². The highest BCUT2D eigenvalue weighted by Crippen LogP contribution is 2.40. The third kappa shape index (κ3) is 5.36. The first-order chi connectivity index (χ1) is 17.1. The lowest BCUT2D eigenvalue weighted by molar-refractivity contribution is -0.0504. The molecule has 0 saturated heterocycles. The molecule has 37 heavy (non-hydrogen) atoms. The normalized spacial score (nSPS) is 13.0. The SMILES string of the molecule is O=S(=O)(Oc1cc(Oc2cc(OS(=O)(=O)C(F)(F)F)cc3ccccc23)c2ccccc2c1)C(F)(F)F. The molecule has 0 aliphatic rings. The van der Waals surface area contributed by atoms with Crippen LogP contribution in [-0.4, -0.2) is 27.9 Å². The molecule has 0 unspecified atom stereocenters. The van der Waals surface area contributed by atoms with Gasteiger partial charge in [-0.25, -0.2) is 0 Å². The maximum Gasteiger partial charge on any atom is 0.534 e. The maximum atomic E-state index is 12.8. The van der Waals surface area contributed by atoms with E-state index < -0.39 is 42.8 Å². The molecule has 4 aromatic carbocycles. The van der Waals surface area contributed by atoms with Crippen molar-refractivity contribution in [2.45, 2.75) is 11.0 Å². The van der Waals surface area contributed by atoms with Gasteiger partial charge >= 0.3 is 31.3 Å². The summed E-state index contributed by atoms with van der Waals surface area (Å²) in [4.78, 5) is 0. The van der Waals surface area contributed by atoms with E-state index in [1.807, 2.05) is 0 Å². The van der Waals surface area contributed by atoms with Gasteiger partial charge in [-0.2, -0.15) is 43.2 Å². The first kappa shape index (κ1) is 26.3. The Kier molecular flexibility index (Phi) is 6.40. The van der Waals surface area contributed by atoms with Crippen LogP contribution >= 0.6 is 0 Å². The smallest absolute Gasteiger partial charge is 0.456 e. The minimum atomic E-state index is -6.03. The number of rotatable bonds is 6. The van der Waals surface area contributed by atoms with Crippen LogP contribution < -0.4 is 13.1 Å². The van der Waals surface area contributed by atoms with Gasteiger partial charge in [0.05, 0.1) is 0 Å². The van der Waals surface area contributed by atoms with Crippen LogP contribution in [0.15, 0.2) is 72.8 Å². The highest BCUT2D eigenvalue weighted by Gasteiger charge is 2.49. The number of halogens is 6. The Labute approximate surface area is 205 Å². The maximum absolute atomic E-state index is 12.8. The van der Waals surface area contributed by atoms with E-state index in [0.717, 1.165) is 24.3 Å². The summed E-state index contributed by atoms with van der Waals surface area (Å²) in [5, 5.41) is 0.919. The Bertz CT molecular complexity index is 1590. The van der Waals surface area contributed by atoms with E-state index >= 15 is 0 Å². The van der Waals surface area contributed by atoms with Crippen molar-refractivity contribution in [1.82, 2.24) is 0 Å². The molecular weight excluding hydrogens is 554 g/mol. The minimum Gasteiger partial charge on any atom is -0.456 e. The summed E-state index contributed by atoms with van der Waals surface area (Å²) in [5.74, 6) is -2.01. The van der Waals surface area contributed by atoms with Gasteiger partial charge in [0, 0.05) is 22.9 Å². The minimum absolute atomic E-state index is 0.198. The molecule has 196 valence electrons. The van der Waals surface area contributed by atoms with E-state index in [2.05, 4.69) is 8.37 Å². The third-order valence-electron chi connectivity index (χ3n) is 4.79. The summed E-state index contributed by atoms with van der Waals surface area (Å²) < 4.78 is 137. The Morgan fingerprint density at radius 1 is 0.541 bits per heavy atom. The van der Waals surface area contributed by atoms with Crippen molar-refractivity contribution in [1.29, 1.82) is 0 Å². The number of alkyl halides is 6. The first-order valence-corrected chi connectivity index (χ1v) is 12.6. The molecule has 0 heterocycles. The number of hydrogen-bond acceptors (Lipinski definition) is 7. The molecule has 4 aromatic rings. The third-order valence-corrected chi connectivity index (χ3v) is 6.75. The standard InChI is InChI=1S/C22H12F6O7S2/c23-21(24,25)36(29,30)34-15-9-13-5-1-3-7-17(13)19(11-15)33-20-12-16(35-37(31,32)22(26,27)28)10-14-6-2-4-8-18(14)20/h1-12H. The second-order valence-corrected chi connectivity index (χ2v) is 10.4. The summed E-state index contributed by atoms with van der Waals surface area (Å²) >= 11 is 0. The van der Waals surface area contributed by atoms with Gasteiger partial charge in [-0.3, -0.25) is 0 Å².